The SMILES string of the molecule is C.Oc1c(C(c2ccccn2)N2CCC(c3ccccc3F)CC2)ccc2cccnc12. The summed E-state index contributed by atoms with van der Waals surface area (Å²) in [5.41, 5.74) is 3.09. The Hall–Kier alpha value is -3.31. The number of phenols is 1. The van der Waals surface area contributed by atoms with Crippen LogP contribution in [0.4, 0.5) is 4.39 Å². The van der Waals surface area contributed by atoms with Crippen molar-refractivity contribution in [2.45, 2.75) is 32.2 Å². The zero-order chi connectivity index (χ0) is 21.2. The molecule has 32 heavy (non-hydrogen) atoms. The van der Waals surface area contributed by atoms with Gasteiger partial charge in [-0.15, -0.1) is 0 Å². The van der Waals surface area contributed by atoms with Gasteiger partial charge in [0.15, 0.2) is 0 Å². The molecule has 2 aromatic carbocycles. The van der Waals surface area contributed by atoms with Crippen LogP contribution in [-0.2, 0) is 0 Å². The Balaban J connectivity index is 0.00000245. The minimum Gasteiger partial charge on any atom is -0.505 e. The Morgan fingerprint density at radius 3 is 2.38 bits per heavy atom. The molecule has 0 saturated carbocycles. The molecule has 0 amide bonds. The summed E-state index contributed by atoms with van der Waals surface area (Å²) in [6.07, 6.45) is 5.19. The fraction of sp³-hybridized carbons (Fsp3) is 0.259. The van der Waals surface area contributed by atoms with Gasteiger partial charge in [0.1, 0.15) is 17.1 Å². The lowest BCUT2D eigenvalue weighted by Crippen LogP contribution is -2.37. The average molecular weight is 430 g/mol. The summed E-state index contributed by atoms with van der Waals surface area (Å²) in [5.74, 6) is 0.277. The maximum absolute atomic E-state index is 14.3. The third kappa shape index (κ3) is 4.08. The highest BCUT2D eigenvalue weighted by molar-refractivity contribution is 5.85. The van der Waals surface area contributed by atoms with Crippen molar-refractivity contribution in [3.05, 3.63) is 102 Å². The topological polar surface area (TPSA) is 49.3 Å². The van der Waals surface area contributed by atoms with E-state index >= 15 is 0 Å². The van der Waals surface area contributed by atoms with Crippen molar-refractivity contribution >= 4 is 10.9 Å². The van der Waals surface area contributed by atoms with Gasteiger partial charge in [-0.2, -0.15) is 0 Å². The zero-order valence-electron chi connectivity index (χ0n) is 17.2. The first-order valence-electron chi connectivity index (χ1n) is 10.7. The second kappa shape index (κ2) is 9.45. The van der Waals surface area contributed by atoms with Crippen molar-refractivity contribution in [1.29, 1.82) is 0 Å². The van der Waals surface area contributed by atoms with Gasteiger partial charge in [0.05, 0.1) is 11.7 Å². The van der Waals surface area contributed by atoms with Crippen LogP contribution in [-0.4, -0.2) is 33.1 Å². The van der Waals surface area contributed by atoms with E-state index in [4.69, 9.17) is 0 Å². The fourth-order valence-corrected chi connectivity index (χ4v) is 4.72. The van der Waals surface area contributed by atoms with E-state index in [9.17, 15) is 9.50 Å². The molecule has 4 nitrogen and oxygen atoms in total. The Morgan fingerprint density at radius 1 is 0.875 bits per heavy atom. The first kappa shape index (κ1) is 21.9. The number of nitrogens with zero attached hydrogens (tertiary/aromatic N) is 3. The molecule has 3 heterocycles. The van der Waals surface area contributed by atoms with E-state index in [1.807, 2.05) is 54.6 Å². The van der Waals surface area contributed by atoms with Crippen molar-refractivity contribution < 1.29 is 9.50 Å². The maximum Gasteiger partial charge on any atom is 0.146 e. The van der Waals surface area contributed by atoms with Crippen LogP contribution in [0.1, 0.15) is 49.0 Å². The van der Waals surface area contributed by atoms with Gasteiger partial charge in [-0.05, 0) is 61.7 Å². The number of phenolic OH excluding ortho intramolecular Hbond substituents is 1. The van der Waals surface area contributed by atoms with Crippen molar-refractivity contribution in [3.8, 4) is 5.75 Å². The molecule has 0 spiro atoms. The van der Waals surface area contributed by atoms with Gasteiger partial charge >= 0.3 is 0 Å². The summed E-state index contributed by atoms with van der Waals surface area (Å²) in [6.45, 7) is 1.58. The first-order valence-corrected chi connectivity index (χ1v) is 10.7. The van der Waals surface area contributed by atoms with Crippen LogP contribution in [0.15, 0.2) is 79.1 Å². The van der Waals surface area contributed by atoms with E-state index in [-0.39, 0.29) is 31.0 Å². The highest BCUT2D eigenvalue weighted by atomic mass is 19.1. The maximum atomic E-state index is 14.3. The quantitative estimate of drug-likeness (QED) is 0.427. The molecular formula is C27H28FN3O. The van der Waals surface area contributed by atoms with E-state index in [1.165, 1.54) is 0 Å². The number of aromatic hydroxyl groups is 1. The number of rotatable bonds is 4. The molecule has 0 aliphatic carbocycles. The summed E-state index contributed by atoms with van der Waals surface area (Å²) in [5, 5.41) is 12.0. The third-order valence-corrected chi connectivity index (χ3v) is 6.28. The Bertz CT molecular complexity index is 1190. The van der Waals surface area contributed by atoms with Crippen LogP contribution in [0.5, 0.6) is 5.75 Å². The number of benzene rings is 2. The van der Waals surface area contributed by atoms with Gasteiger partial charge in [-0.3, -0.25) is 14.9 Å². The van der Waals surface area contributed by atoms with E-state index < -0.39 is 0 Å². The largest absolute Gasteiger partial charge is 0.505 e. The van der Waals surface area contributed by atoms with Crippen LogP contribution < -0.4 is 0 Å². The molecular weight excluding hydrogens is 401 g/mol. The second-order valence-electron chi connectivity index (χ2n) is 8.07. The predicted molar refractivity (Wildman–Crippen MR) is 126 cm³/mol. The van der Waals surface area contributed by atoms with Gasteiger partial charge in [0.2, 0.25) is 0 Å². The summed E-state index contributed by atoms with van der Waals surface area (Å²) < 4.78 is 14.3. The van der Waals surface area contributed by atoms with Gasteiger partial charge in [-0.1, -0.05) is 49.9 Å². The molecule has 2 aromatic heterocycles. The Morgan fingerprint density at radius 2 is 1.62 bits per heavy atom. The number of halogens is 1. The number of fused-ring (bicyclic) bond motifs is 1. The molecule has 5 heteroatoms. The third-order valence-electron chi connectivity index (χ3n) is 6.28. The first-order chi connectivity index (χ1) is 15.2. The Labute approximate surface area is 188 Å². The summed E-state index contributed by atoms with van der Waals surface area (Å²) in [4.78, 5) is 11.3. The lowest BCUT2D eigenvalue weighted by atomic mass is 9.87. The molecule has 1 unspecified atom stereocenters. The number of likely N-dealkylation sites (tertiary alicyclic amines) is 1. The predicted octanol–water partition coefficient (Wildman–Crippen LogP) is 6.08. The minimum absolute atomic E-state index is 0. The number of hydrogen-bond donors (Lipinski definition) is 1. The van der Waals surface area contributed by atoms with Crippen LogP contribution in [0, 0.1) is 5.82 Å². The van der Waals surface area contributed by atoms with Gasteiger partial charge in [-0.25, -0.2) is 4.39 Å². The lowest BCUT2D eigenvalue weighted by Gasteiger charge is -2.38. The number of aromatic nitrogens is 2. The van der Waals surface area contributed by atoms with E-state index in [2.05, 4.69) is 14.9 Å². The van der Waals surface area contributed by atoms with Crippen molar-refractivity contribution in [2.24, 2.45) is 0 Å². The standard InChI is InChI=1S/C26H24FN3O.CH4/c27-22-8-2-1-7-20(22)18-12-16-30(17-13-18)25(23-9-3-4-14-28-23)21-11-10-19-6-5-15-29-24(19)26(21)31;/h1-11,14-15,18,25,31H,12-13,16-17H2;1H4. The molecule has 1 saturated heterocycles. The highest BCUT2D eigenvalue weighted by Gasteiger charge is 2.31. The summed E-state index contributed by atoms with van der Waals surface area (Å²) in [7, 11) is 0. The smallest absolute Gasteiger partial charge is 0.146 e. The lowest BCUT2D eigenvalue weighted by molar-refractivity contribution is 0.168. The number of piperidine rings is 1. The monoisotopic (exact) mass is 429 g/mol. The van der Waals surface area contributed by atoms with Crippen LogP contribution in [0.25, 0.3) is 10.9 Å². The van der Waals surface area contributed by atoms with Gasteiger partial charge in [0, 0.05) is 23.3 Å². The second-order valence-corrected chi connectivity index (χ2v) is 8.07. The summed E-state index contributed by atoms with van der Waals surface area (Å²) >= 11 is 0. The minimum atomic E-state index is -0.186. The Kier molecular flexibility index (Phi) is 6.47. The van der Waals surface area contributed by atoms with E-state index in [0.29, 0.717) is 5.52 Å². The number of hydrogen-bond acceptors (Lipinski definition) is 4. The molecule has 1 N–H and O–H groups in total. The fourth-order valence-electron chi connectivity index (χ4n) is 4.72. The van der Waals surface area contributed by atoms with Gasteiger partial charge in [0.25, 0.3) is 0 Å². The van der Waals surface area contributed by atoms with Crippen LogP contribution >= 0.6 is 0 Å². The highest BCUT2D eigenvalue weighted by Crippen LogP contribution is 2.40. The molecule has 0 radical (unpaired) electrons. The van der Waals surface area contributed by atoms with Crippen molar-refractivity contribution in [3.63, 3.8) is 0 Å². The molecule has 1 fully saturated rings. The molecule has 1 atom stereocenters. The van der Waals surface area contributed by atoms with E-state index in [1.54, 1.807) is 24.5 Å². The van der Waals surface area contributed by atoms with Crippen molar-refractivity contribution in [2.75, 3.05) is 13.1 Å². The average Bonchev–Trinajstić information content (AvgIpc) is 2.82. The van der Waals surface area contributed by atoms with E-state index in [0.717, 1.165) is 48.1 Å². The normalized spacial score (nSPS) is 15.9. The zero-order valence-corrected chi connectivity index (χ0v) is 17.2. The molecule has 4 aromatic rings. The number of pyridine rings is 2. The molecule has 1 aliphatic rings. The van der Waals surface area contributed by atoms with Crippen LogP contribution in [0.3, 0.4) is 0 Å². The van der Waals surface area contributed by atoms with Crippen molar-refractivity contribution in [1.82, 2.24) is 14.9 Å². The van der Waals surface area contributed by atoms with Gasteiger partial charge < -0.3 is 5.11 Å². The molecule has 1 aliphatic heterocycles. The van der Waals surface area contributed by atoms with Crippen LogP contribution in [0.2, 0.25) is 0 Å². The summed E-state index contributed by atoms with van der Waals surface area (Å²) in [6, 6.07) is 20.5. The molecule has 5 rings (SSSR count). The molecule has 0 bridgehead atoms. The molecule has 164 valence electrons.